The Balaban J connectivity index is 1.26. The Morgan fingerprint density at radius 1 is 0.795 bits per heavy atom. The molecular formula is C37H37N3O3Si. The van der Waals surface area contributed by atoms with Gasteiger partial charge in [-0.05, 0) is 46.1 Å². The maximum atomic E-state index is 13.1. The van der Waals surface area contributed by atoms with Crippen molar-refractivity contribution in [2.45, 2.75) is 19.9 Å². The quantitative estimate of drug-likeness (QED) is 0.118. The van der Waals surface area contributed by atoms with Crippen molar-refractivity contribution < 1.29 is 14.0 Å². The fourth-order valence-electron chi connectivity index (χ4n) is 6.35. The van der Waals surface area contributed by atoms with E-state index in [4.69, 9.17) is 4.43 Å². The number of nitrogens with zero attached hydrogens (tertiary/aromatic N) is 1. The molecule has 2 amide bonds. The van der Waals surface area contributed by atoms with Gasteiger partial charge in [0.2, 0.25) is 0 Å². The van der Waals surface area contributed by atoms with Crippen molar-refractivity contribution in [2.24, 2.45) is 13.0 Å². The minimum Gasteiger partial charge on any atom is -0.406 e. The van der Waals surface area contributed by atoms with Crippen molar-refractivity contribution in [1.82, 2.24) is 9.88 Å². The molecule has 0 spiro atoms. The van der Waals surface area contributed by atoms with Crippen LogP contribution in [-0.4, -0.2) is 37.9 Å². The minimum atomic E-state index is -2.50. The summed E-state index contributed by atoms with van der Waals surface area (Å²) in [6.45, 7) is 5.63. The molecule has 2 N–H and O–H groups in total. The Morgan fingerprint density at radius 2 is 1.43 bits per heavy atom. The Labute approximate surface area is 259 Å². The molecule has 44 heavy (non-hydrogen) atoms. The monoisotopic (exact) mass is 599 g/mol. The molecule has 0 saturated carbocycles. The van der Waals surface area contributed by atoms with Gasteiger partial charge in [0.15, 0.2) is 0 Å². The van der Waals surface area contributed by atoms with E-state index in [1.165, 1.54) is 10.4 Å². The summed E-state index contributed by atoms with van der Waals surface area (Å²) < 4.78 is 8.95. The Hall–Kier alpha value is -4.72. The summed E-state index contributed by atoms with van der Waals surface area (Å²) in [6, 6.07) is 37.9. The highest BCUT2D eigenvalue weighted by Crippen LogP contribution is 2.36. The number of aromatic nitrogens is 1. The molecule has 1 aliphatic rings. The smallest absolute Gasteiger partial charge is 0.259 e. The van der Waals surface area contributed by atoms with Crippen molar-refractivity contribution in [3.63, 3.8) is 0 Å². The van der Waals surface area contributed by atoms with Gasteiger partial charge in [-0.25, -0.2) is 0 Å². The molecule has 1 aromatic heterocycles. The van der Waals surface area contributed by atoms with Crippen LogP contribution >= 0.6 is 0 Å². The normalized spacial score (nSPS) is 13.6. The number of para-hydroxylation sites is 1. The number of hydrogen-bond acceptors (Lipinski definition) is 4. The average Bonchev–Trinajstić information content (AvgIpc) is 3.53. The van der Waals surface area contributed by atoms with Gasteiger partial charge in [0.25, 0.3) is 20.1 Å². The van der Waals surface area contributed by atoms with Crippen LogP contribution in [0.1, 0.15) is 25.0 Å². The molecular weight excluding hydrogens is 563 g/mol. The first-order valence-electron chi connectivity index (χ1n) is 15.1. The summed E-state index contributed by atoms with van der Waals surface area (Å²) in [5.41, 5.74) is 4.10. The van der Waals surface area contributed by atoms with Crippen molar-refractivity contribution in [3.8, 4) is 0 Å². The van der Waals surface area contributed by atoms with Gasteiger partial charge in [-0.15, -0.1) is 0 Å². The molecule has 222 valence electrons. The van der Waals surface area contributed by atoms with Gasteiger partial charge in [-0.1, -0.05) is 105 Å². The molecule has 4 aromatic carbocycles. The molecule has 7 heteroatoms. The standard InChI is InChI=1S/C37H37N3O3Si/c1-26(2)25-44(29-15-6-4-7-16-29,30-17-8-5-9-18-30)43-22-21-38-28-14-12-13-27(23-28)34-35(37(42)39-36(34)41)32-24-40(3)33-20-11-10-19-31(32)33/h4-20,23-24,26,38H,21-22,25H2,1-3H3,(H,39,41,42). The van der Waals surface area contributed by atoms with E-state index in [9.17, 15) is 9.59 Å². The van der Waals surface area contributed by atoms with E-state index < -0.39 is 8.32 Å². The van der Waals surface area contributed by atoms with Gasteiger partial charge < -0.3 is 14.3 Å². The predicted octanol–water partition coefficient (Wildman–Crippen LogP) is 5.59. The van der Waals surface area contributed by atoms with E-state index in [0.717, 1.165) is 28.2 Å². The van der Waals surface area contributed by atoms with Crippen LogP contribution in [0.4, 0.5) is 5.69 Å². The number of rotatable bonds is 11. The van der Waals surface area contributed by atoms with Crippen LogP contribution in [-0.2, 0) is 21.1 Å². The van der Waals surface area contributed by atoms with E-state index in [1.54, 1.807) is 0 Å². The second kappa shape index (κ2) is 12.5. The molecule has 2 heterocycles. The highest BCUT2D eigenvalue weighted by molar-refractivity contribution is 6.97. The molecule has 0 unspecified atom stereocenters. The third kappa shape index (κ3) is 5.64. The third-order valence-electron chi connectivity index (χ3n) is 8.20. The summed E-state index contributed by atoms with van der Waals surface area (Å²) in [6.07, 6.45) is 1.92. The maximum Gasteiger partial charge on any atom is 0.259 e. The molecule has 0 radical (unpaired) electrons. The molecule has 6 nitrogen and oxygen atoms in total. The third-order valence-corrected chi connectivity index (χ3v) is 12.8. The molecule has 0 fully saturated rings. The maximum absolute atomic E-state index is 13.1. The summed E-state index contributed by atoms with van der Waals surface area (Å²) in [5, 5.41) is 9.51. The Morgan fingerprint density at radius 3 is 2.11 bits per heavy atom. The van der Waals surface area contributed by atoms with Gasteiger partial charge in [-0.3, -0.25) is 14.9 Å². The van der Waals surface area contributed by atoms with Crippen LogP contribution in [0.15, 0.2) is 115 Å². The highest BCUT2D eigenvalue weighted by Gasteiger charge is 2.40. The molecule has 0 atom stereocenters. The summed E-state index contributed by atoms with van der Waals surface area (Å²) in [5.74, 6) is -0.286. The zero-order valence-electron chi connectivity index (χ0n) is 25.3. The number of hydrogen-bond donors (Lipinski definition) is 2. The highest BCUT2D eigenvalue weighted by atomic mass is 28.4. The first kappa shape index (κ1) is 29.4. The van der Waals surface area contributed by atoms with E-state index in [1.807, 2.05) is 66.3 Å². The number of imide groups is 1. The van der Waals surface area contributed by atoms with Gasteiger partial charge >= 0.3 is 0 Å². The number of fused-ring (bicyclic) bond motifs is 1. The van der Waals surface area contributed by atoms with Crippen molar-refractivity contribution in [1.29, 1.82) is 0 Å². The molecule has 0 saturated heterocycles. The minimum absolute atomic E-state index is 0.374. The number of nitrogens with one attached hydrogen (secondary N) is 2. The van der Waals surface area contributed by atoms with Gasteiger partial charge in [0.1, 0.15) is 0 Å². The number of anilines is 1. The van der Waals surface area contributed by atoms with Crippen molar-refractivity contribution in [3.05, 3.63) is 127 Å². The lowest BCUT2D eigenvalue weighted by Crippen LogP contribution is -2.61. The molecule has 1 aliphatic heterocycles. The number of carbonyl (C=O) groups is 2. The fraction of sp³-hybridized carbons (Fsp3) is 0.189. The number of carbonyl (C=O) groups excluding carboxylic acids is 2. The Bertz CT molecular complexity index is 1800. The lowest BCUT2D eigenvalue weighted by Gasteiger charge is -2.34. The molecule has 0 aliphatic carbocycles. The second-order valence-corrected chi connectivity index (χ2v) is 15.2. The number of benzene rings is 4. The topological polar surface area (TPSA) is 72.4 Å². The Kier molecular flexibility index (Phi) is 8.33. The number of aryl methyl sites for hydroxylation is 1. The summed E-state index contributed by atoms with van der Waals surface area (Å²) in [4.78, 5) is 26.2. The first-order chi connectivity index (χ1) is 21.4. The average molecular weight is 600 g/mol. The first-order valence-corrected chi connectivity index (χ1v) is 17.2. The van der Waals surface area contributed by atoms with Crippen molar-refractivity contribution >= 4 is 58.2 Å². The van der Waals surface area contributed by atoms with Crippen LogP contribution in [0.2, 0.25) is 6.04 Å². The van der Waals surface area contributed by atoms with Crippen molar-refractivity contribution in [2.75, 3.05) is 18.5 Å². The van der Waals surface area contributed by atoms with Gasteiger partial charge in [0, 0.05) is 41.9 Å². The predicted molar refractivity (Wildman–Crippen MR) is 181 cm³/mol. The van der Waals surface area contributed by atoms with E-state index >= 15 is 0 Å². The summed E-state index contributed by atoms with van der Waals surface area (Å²) >= 11 is 0. The zero-order chi connectivity index (χ0) is 30.7. The summed E-state index contributed by atoms with van der Waals surface area (Å²) in [7, 11) is -0.559. The molecule has 0 bridgehead atoms. The van der Waals surface area contributed by atoms with Crippen LogP contribution in [0.25, 0.3) is 22.0 Å². The van der Waals surface area contributed by atoms with Crippen LogP contribution < -0.4 is 21.0 Å². The lowest BCUT2D eigenvalue weighted by atomic mass is 9.95. The van der Waals surface area contributed by atoms with Gasteiger partial charge in [0.05, 0.1) is 17.8 Å². The molecule has 5 aromatic rings. The fourth-order valence-corrected chi connectivity index (χ4v) is 10.7. The van der Waals surface area contributed by atoms with Gasteiger partial charge in [-0.2, -0.15) is 0 Å². The largest absolute Gasteiger partial charge is 0.406 e. The second-order valence-electron chi connectivity index (χ2n) is 11.7. The zero-order valence-corrected chi connectivity index (χ0v) is 26.3. The van der Waals surface area contributed by atoms with Crippen LogP contribution in [0.5, 0.6) is 0 Å². The molecule has 6 rings (SSSR count). The SMILES string of the molecule is CC(C)C[Si](OCCNc1cccc(C2=C(c3cn(C)c4ccccc34)C(=O)NC2=O)c1)(c1ccccc1)c1ccccc1. The number of amides is 2. The van der Waals surface area contributed by atoms with Crippen LogP contribution in [0.3, 0.4) is 0 Å². The van der Waals surface area contributed by atoms with E-state index in [2.05, 4.69) is 85.1 Å². The van der Waals surface area contributed by atoms with E-state index in [0.29, 0.717) is 35.8 Å². The lowest BCUT2D eigenvalue weighted by molar-refractivity contribution is -0.122. The van der Waals surface area contributed by atoms with Crippen LogP contribution in [0, 0.1) is 5.92 Å². The van der Waals surface area contributed by atoms with E-state index in [-0.39, 0.29) is 11.8 Å².